The van der Waals surface area contributed by atoms with Gasteiger partial charge in [0, 0.05) is 11.0 Å². The van der Waals surface area contributed by atoms with Crippen molar-refractivity contribution in [1.82, 2.24) is 0 Å². The molecule has 0 nitrogen and oxygen atoms in total. The van der Waals surface area contributed by atoms with E-state index in [1.165, 1.54) is 16.7 Å². The van der Waals surface area contributed by atoms with Crippen molar-refractivity contribution in [3.63, 3.8) is 0 Å². The van der Waals surface area contributed by atoms with Crippen molar-refractivity contribution in [2.75, 3.05) is 0 Å². The normalized spacial score (nSPS) is 12.0. The Labute approximate surface area is 113 Å². The summed E-state index contributed by atoms with van der Waals surface area (Å²) >= 11 is 0. The van der Waals surface area contributed by atoms with E-state index in [2.05, 4.69) is 79.4 Å². The third-order valence-corrected chi connectivity index (χ3v) is 2.95. The smallest absolute Gasteiger partial charge is 0.0277 e. The van der Waals surface area contributed by atoms with E-state index in [0.29, 0.717) is 0 Å². The fourth-order valence-electron chi connectivity index (χ4n) is 2.01. The summed E-state index contributed by atoms with van der Waals surface area (Å²) in [4.78, 5) is 0. The van der Waals surface area contributed by atoms with E-state index in [4.69, 9.17) is 0 Å². The van der Waals surface area contributed by atoms with Gasteiger partial charge in [0.1, 0.15) is 0 Å². The van der Waals surface area contributed by atoms with Gasteiger partial charge in [-0.15, -0.1) is 0 Å². The molecule has 0 saturated heterocycles. The zero-order valence-electron chi connectivity index (χ0n) is 13.2. The second kappa shape index (κ2) is 4.81. The maximum Gasteiger partial charge on any atom is 0.0277 e. The van der Waals surface area contributed by atoms with Gasteiger partial charge in [-0.1, -0.05) is 38.7 Å². The van der Waals surface area contributed by atoms with Gasteiger partial charge in [0.25, 0.3) is 0 Å². The topological polar surface area (TPSA) is 0 Å². The van der Waals surface area contributed by atoms with Crippen LogP contribution in [-0.4, -0.2) is 0 Å². The Hall–Kier alpha value is -1.22. The Morgan fingerprint density at radius 1 is 0.833 bits per heavy atom. The first-order chi connectivity index (χ1) is 8.00. The number of hydrogen-bond acceptors (Lipinski definition) is 0. The summed E-state index contributed by atoms with van der Waals surface area (Å²) in [5.41, 5.74) is 5.46. The second-order valence-corrected chi connectivity index (χ2v) is 7.23. The predicted molar refractivity (Wildman–Crippen MR) is 80.9 cm³/mol. The van der Waals surface area contributed by atoms with Gasteiger partial charge < -0.3 is 0 Å². The van der Waals surface area contributed by atoms with Crippen molar-refractivity contribution in [2.24, 2.45) is 5.41 Å². The van der Waals surface area contributed by atoms with Crippen molar-refractivity contribution in [2.45, 2.75) is 60.8 Å². The van der Waals surface area contributed by atoms with Crippen molar-refractivity contribution in [3.8, 4) is 11.8 Å². The Balaban J connectivity index is 3.27. The first kappa shape index (κ1) is 14.8. The fourth-order valence-corrected chi connectivity index (χ4v) is 2.01. The molecule has 0 amide bonds. The molecule has 18 heavy (non-hydrogen) atoms. The summed E-state index contributed by atoms with van der Waals surface area (Å²) < 4.78 is 0. The molecule has 0 radical (unpaired) electrons. The van der Waals surface area contributed by atoms with Gasteiger partial charge in [-0.3, -0.25) is 0 Å². The molecule has 0 aliphatic rings. The van der Waals surface area contributed by atoms with Crippen LogP contribution in [0.25, 0.3) is 0 Å². The van der Waals surface area contributed by atoms with Crippen LogP contribution in [0, 0.1) is 31.1 Å². The van der Waals surface area contributed by atoms with Gasteiger partial charge in [0.2, 0.25) is 0 Å². The molecule has 0 heteroatoms. The van der Waals surface area contributed by atoms with Crippen LogP contribution in [0.2, 0.25) is 0 Å². The lowest BCUT2D eigenvalue weighted by molar-refractivity contribution is 0.571. The van der Waals surface area contributed by atoms with Crippen LogP contribution >= 0.6 is 0 Å². The van der Waals surface area contributed by atoms with E-state index in [0.717, 1.165) is 5.56 Å². The van der Waals surface area contributed by atoms with Gasteiger partial charge >= 0.3 is 0 Å². The van der Waals surface area contributed by atoms with Crippen LogP contribution in [0.5, 0.6) is 0 Å². The highest BCUT2D eigenvalue weighted by atomic mass is 14.2. The SMILES string of the molecule is Cc1cc(C(C)(C)C)c(C)cc1C#CC(C)(C)C. The number of hydrogen-bond donors (Lipinski definition) is 0. The first-order valence-electron chi connectivity index (χ1n) is 6.65. The van der Waals surface area contributed by atoms with Crippen LogP contribution in [0.4, 0.5) is 0 Å². The van der Waals surface area contributed by atoms with Gasteiger partial charge in [-0.2, -0.15) is 0 Å². The summed E-state index contributed by atoms with van der Waals surface area (Å²) in [5.74, 6) is 6.64. The Kier molecular flexibility index (Phi) is 3.96. The standard InChI is InChI=1S/C18H26/c1-13-12-16(18(6,7)8)14(2)11-15(13)9-10-17(3,4)5/h11-12H,1-8H3. The van der Waals surface area contributed by atoms with E-state index >= 15 is 0 Å². The highest BCUT2D eigenvalue weighted by molar-refractivity contribution is 5.48. The molecule has 0 unspecified atom stereocenters. The zero-order valence-corrected chi connectivity index (χ0v) is 13.2. The lowest BCUT2D eigenvalue weighted by Crippen LogP contribution is -2.13. The van der Waals surface area contributed by atoms with E-state index in [-0.39, 0.29) is 10.8 Å². The summed E-state index contributed by atoms with van der Waals surface area (Å²) in [6, 6.07) is 4.52. The average molecular weight is 242 g/mol. The zero-order chi connectivity index (χ0) is 14.1. The quantitative estimate of drug-likeness (QED) is 0.562. The summed E-state index contributed by atoms with van der Waals surface area (Å²) in [6.45, 7) is 17.5. The maximum atomic E-state index is 3.32. The van der Waals surface area contributed by atoms with Crippen LogP contribution in [-0.2, 0) is 5.41 Å². The Morgan fingerprint density at radius 2 is 1.39 bits per heavy atom. The van der Waals surface area contributed by atoms with Gasteiger partial charge in [0.15, 0.2) is 0 Å². The number of aryl methyl sites for hydroxylation is 2. The molecule has 0 aromatic heterocycles. The lowest BCUT2D eigenvalue weighted by atomic mass is 9.82. The van der Waals surface area contributed by atoms with Crippen molar-refractivity contribution >= 4 is 0 Å². The number of rotatable bonds is 0. The van der Waals surface area contributed by atoms with Crippen molar-refractivity contribution in [3.05, 3.63) is 34.4 Å². The molecular weight excluding hydrogens is 216 g/mol. The molecule has 0 aliphatic carbocycles. The molecule has 0 spiro atoms. The minimum atomic E-state index is 0.0586. The molecule has 0 bridgehead atoms. The van der Waals surface area contributed by atoms with Crippen molar-refractivity contribution in [1.29, 1.82) is 0 Å². The number of benzene rings is 1. The third-order valence-electron chi connectivity index (χ3n) is 2.95. The second-order valence-electron chi connectivity index (χ2n) is 7.23. The maximum absolute atomic E-state index is 3.32. The molecule has 0 heterocycles. The molecular formula is C18H26. The molecule has 0 aliphatic heterocycles. The first-order valence-corrected chi connectivity index (χ1v) is 6.65. The van der Waals surface area contributed by atoms with E-state index < -0.39 is 0 Å². The minimum Gasteiger partial charge on any atom is -0.0919 e. The molecule has 1 rings (SSSR count). The highest BCUT2D eigenvalue weighted by Gasteiger charge is 2.17. The molecule has 98 valence electrons. The average Bonchev–Trinajstić information content (AvgIpc) is 2.15. The minimum absolute atomic E-state index is 0.0586. The van der Waals surface area contributed by atoms with E-state index in [9.17, 15) is 0 Å². The molecule has 0 saturated carbocycles. The van der Waals surface area contributed by atoms with Crippen LogP contribution < -0.4 is 0 Å². The monoisotopic (exact) mass is 242 g/mol. The van der Waals surface area contributed by atoms with Crippen LogP contribution in [0.15, 0.2) is 12.1 Å². The summed E-state index contributed by atoms with van der Waals surface area (Å²) in [7, 11) is 0. The third kappa shape index (κ3) is 3.91. The summed E-state index contributed by atoms with van der Waals surface area (Å²) in [6.07, 6.45) is 0. The molecule has 1 aromatic carbocycles. The van der Waals surface area contributed by atoms with Crippen LogP contribution in [0.3, 0.4) is 0 Å². The highest BCUT2D eigenvalue weighted by Crippen LogP contribution is 2.28. The molecule has 0 N–H and O–H groups in total. The molecule has 0 fully saturated rings. The van der Waals surface area contributed by atoms with E-state index in [1.54, 1.807) is 0 Å². The van der Waals surface area contributed by atoms with Gasteiger partial charge in [0.05, 0.1) is 0 Å². The van der Waals surface area contributed by atoms with Gasteiger partial charge in [-0.05, 0) is 62.8 Å². The van der Waals surface area contributed by atoms with Crippen molar-refractivity contribution < 1.29 is 0 Å². The largest absolute Gasteiger partial charge is 0.0919 e. The lowest BCUT2D eigenvalue weighted by Gasteiger charge is -2.23. The Bertz CT molecular complexity index is 494. The molecule has 1 aromatic rings. The van der Waals surface area contributed by atoms with Crippen LogP contribution in [0.1, 0.15) is 63.8 Å². The molecule has 0 atom stereocenters. The summed E-state index contributed by atoms with van der Waals surface area (Å²) in [5, 5.41) is 0. The predicted octanol–water partition coefficient (Wildman–Crippen LogP) is 5.00. The van der Waals surface area contributed by atoms with Gasteiger partial charge in [-0.25, -0.2) is 0 Å². The Morgan fingerprint density at radius 3 is 1.83 bits per heavy atom. The van der Waals surface area contributed by atoms with E-state index in [1.807, 2.05) is 0 Å². The fraction of sp³-hybridized carbons (Fsp3) is 0.556.